The Morgan fingerprint density at radius 3 is 2.60 bits per heavy atom. The molecule has 1 saturated carbocycles. The van der Waals surface area contributed by atoms with Gasteiger partial charge in [0.05, 0.1) is 25.4 Å². The minimum absolute atomic E-state index is 0.199. The Morgan fingerprint density at radius 1 is 1.20 bits per heavy atom. The maximum absolute atomic E-state index is 5.78. The van der Waals surface area contributed by atoms with Crippen molar-refractivity contribution in [2.45, 2.75) is 31.4 Å². The number of hydrogen-bond acceptors (Lipinski definition) is 4. The fourth-order valence-electron chi connectivity index (χ4n) is 2.92. The average Bonchev–Trinajstić information content (AvgIpc) is 3.30. The summed E-state index contributed by atoms with van der Waals surface area (Å²) in [6.45, 7) is 1.45. The second-order valence-electron chi connectivity index (χ2n) is 5.56. The zero-order chi connectivity index (χ0) is 13.9. The highest BCUT2D eigenvalue weighted by Crippen LogP contribution is 2.41. The highest BCUT2D eigenvalue weighted by molar-refractivity contribution is 5.44. The summed E-state index contributed by atoms with van der Waals surface area (Å²) in [5.41, 5.74) is 1.20. The summed E-state index contributed by atoms with van der Waals surface area (Å²) in [6.07, 6.45) is 3.69. The zero-order valence-corrected chi connectivity index (χ0v) is 12.2. The van der Waals surface area contributed by atoms with Gasteiger partial charge in [0, 0.05) is 13.5 Å². The zero-order valence-electron chi connectivity index (χ0n) is 12.2. The van der Waals surface area contributed by atoms with Crippen molar-refractivity contribution in [2.75, 3.05) is 27.4 Å². The molecule has 0 saturated heterocycles. The first-order valence-electron chi connectivity index (χ1n) is 7.43. The van der Waals surface area contributed by atoms with E-state index in [-0.39, 0.29) is 12.1 Å². The molecule has 0 spiro atoms. The highest BCUT2D eigenvalue weighted by atomic mass is 16.5. The lowest BCUT2D eigenvalue weighted by Gasteiger charge is -2.26. The molecule has 20 heavy (non-hydrogen) atoms. The van der Waals surface area contributed by atoms with E-state index < -0.39 is 0 Å². The summed E-state index contributed by atoms with van der Waals surface area (Å²) < 4.78 is 17.2. The van der Waals surface area contributed by atoms with Gasteiger partial charge in [-0.15, -0.1) is 0 Å². The van der Waals surface area contributed by atoms with Crippen LogP contribution >= 0.6 is 0 Å². The lowest BCUT2D eigenvalue weighted by molar-refractivity contribution is 0.0530. The second kappa shape index (κ2) is 6.02. The van der Waals surface area contributed by atoms with Crippen LogP contribution in [0.1, 0.15) is 30.9 Å². The number of methoxy groups -OCH3 is 1. The molecule has 2 atom stereocenters. The lowest BCUT2D eigenvalue weighted by atomic mass is 9.97. The average molecular weight is 277 g/mol. The molecule has 1 aromatic carbocycles. The molecular weight excluding hydrogens is 254 g/mol. The SMILES string of the molecule is CNC(c1ccc2c(c1)OCCCO2)C(OC)C1CC1. The second-order valence-corrected chi connectivity index (χ2v) is 5.56. The molecule has 4 nitrogen and oxygen atoms in total. The predicted octanol–water partition coefficient (Wildman–Crippen LogP) is 2.53. The molecule has 2 aliphatic rings. The summed E-state index contributed by atoms with van der Waals surface area (Å²) >= 11 is 0. The van der Waals surface area contributed by atoms with E-state index >= 15 is 0 Å². The van der Waals surface area contributed by atoms with E-state index in [4.69, 9.17) is 14.2 Å². The molecule has 0 amide bonds. The van der Waals surface area contributed by atoms with Crippen molar-refractivity contribution in [3.05, 3.63) is 23.8 Å². The molecule has 110 valence electrons. The number of hydrogen-bond donors (Lipinski definition) is 1. The Kier molecular flexibility index (Phi) is 4.13. The van der Waals surface area contributed by atoms with Crippen LogP contribution in [0.15, 0.2) is 18.2 Å². The van der Waals surface area contributed by atoms with Gasteiger partial charge in [0.25, 0.3) is 0 Å². The molecule has 1 aromatic rings. The van der Waals surface area contributed by atoms with Crippen LogP contribution in [-0.4, -0.2) is 33.5 Å². The monoisotopic (exact) mass is 277 g/mol. The van der Waals surface area contributed by atoms with Crippen LogP contribution in [0.25, 0.3) is 0 Å². The largest absolute Gasteiger partial charge is 0.490 e. The van der Waals surface area contributed by atoms with Gasteiger partial charge in [-0.25, -0.2) is 0 Å². The van der Waals surface area contributed by atoms with E-state index in [9.17, 15) is 0 Å². The topological polar surface area (TPSA) is 39.7 Å². The van der Waals surface area contributed by atoms with Crippen molar-refractivity contribution in [3.8, 4) is 11.5 Å². The third kappa shape index (κ3) is 2.76. The van der Waals surface area contributed by atoms with Gasteiger partial charge in [0.1, 0.15) is 0 Å². The molecule has 1 aliphatic heterocycles. The standard InChI is InChI=1S/C16H23NO3/c1-17-15(16(18-2)11-4-5-11)12-6-7-13-14(10-12)20-9-3-8-19-13/h6-7,10-11,15-17H,3-5,8-9H2,1-2H3. The van der Waals surface area contributed by atoms with Crippen LogP contribution in [0, 0.1) is 5.92 Å². The molecule has 4 heteroatoms. The maximum atomic E-state index is 5.78. The molecular formula is C16H23NO3. The Bertz CT molecular complexity index is 459. The number of fused-ring (bicyclic) bond motifs is 1. The molecule has 2 unspecified atom stereocenters. The predicted molar refractivity (Wildman–Crippen MR) is 77.4 cm³/mol. The van der Waals surface area contributed by atoms with Crippen molar-refractivity contribution >= 4 is 0 Å². The van der Waals surface area contributed by atoms with Gasteiger partial charge in [0.15, 0.2) is 11.5 Å². The highest BCUT2D eigenvalue weighted by Gasteiger charge is 2.37. The van der Waals surface area contributed by atoms with Gasteiger partial charge in [0.2, 0.25) is 0 Å². The van der Waals surface area contributed by atoms with Crippen molar-refractivity contribution in [1.29, 1.82) is 0 Å². The Balaban J connectivity index is 1.85. The normalized spacial score (nSPS) is 21.1. The van der Waals surface area contributed by atoms with Crippen LogP contribution in [0.2, 0.25) is 0 Å². The first kappa shape index (κ1) is 13.7. The molecule has 3 rings (SSSR count). The number of likely N-dealkylation sites (N-methyl/N-ethyl adjacent to an activating group) is 1. The third-order valence-corrected chi connectivity index (χ3v) is 4.13. The van der Waals surface area contributed by atoms with Crippen molar-refractivity contribution in [1.82, 2.24) is 5.32 Å². The smallest absolute Gasteiger partial charge is 0.161 e. The minimum Gasteiger partial charge on any atom is -0.490 e. The van der Waals surface area contributed by atoms with Gasteiger partial charge in [-0.3, -0.25) is 0 Å². The fourth-order valence-corrected chi connectivity index (χ4v) is 2.92. The van der Waals surface area contributed by atoms with E-state index in [0.29, 0.717) is 5.92 Å². The fraction of sp³-hybridized carbons (Fsp3) is 0.625. The van der Waals surface area contributed by atoms with Crippen LogP contribution < -0.4 is 14.8 Å². The third-order valence-electron chi connectivity index (χ3n) is 4.13. The molecule has 0 aromatic heterocycles. The minimum atomic E-state index is 0.199. The summed E-state index contributed by atoms with van der Waals surface area (Å²) in [7, 11) is 3.79. The van der Waals surface area contributed by atoms with Crippen molar-refractivity contribution < 1.29 is 14.2 Å². The van der Waals surface area contributed by atoms with E-state index in [1.54, 1.807) is 7.11 Å². The van der Waals surface area contributed by atoms with Crippen molar-refractivity contribution in [3.63, 3.8) is 0 Å². The van der Waals surface area contributed by atoms with Gasteiger partial charge in [-0.1, -0.05) is 6.07 Å². The first-order valence-corrected chi connectivity index (χ1v) is 7.43. The van der Waals surface area contributed by atoms with Gasteiger partial charge in [-0.05, 0) is 43.5 Å². The van der Waals surface area contributed by atoms with E-state index in [0.717, 1.165) is 31.1 Å². The summed E-state index contributed by atoms with van der Waals surface area (Å²) in [5.74, 6) is 2.38. The lowest BCUT2D eigenvalue weighted by Crippen LogP contribution is -2.32. The Labute approximate surface area is 120 Å². The summed E-state index contributed by atoms with van der Waals surface area (Å²) in [4.78, 5) is 0. The van der Waals surface area contributed by atoms with Crippen LogP contribution in [-0.2, 0) is 4.74 Å². The Hall–Kier alpha value is -1.26. The number of nitrogens with one attached hydrogen (secondary N) is 1. The summed E-state index contributed by atoms with van der Waals surface area (Å²) in [5, 5.41) is 3.39. The van der Waals surface area contributed by atoms with E-state index in [2.05, 4.69) is 17.4 Å². The quantitative estimate of drug-likeness (QED) is 0.898. The van der Waals surface area contributed by atoms with Gasteiger partial charge in [-0.2, -0.15) is 0 Å². The molecule has 0 bridgehead atoms. The van der Waals surface area contributed by atoms with Crippen LogP contribution in [0.4, 0.5) is 0 Å². The number of rotatable bonds is 5. The van der Waals surface area contributed by atoms with Gasteiger partial charge < -0.3 is 19.5 Å². The van der Waals surface area contributed by atoms with E-state index in [1.807, 2.05) is 13.1 Å². The molecule has 1 fully saturated rings. The molecule has 1 N–H and O–H groups in total. The molecule has 1 aliphatic carbocycles. The van der Waals surface area contributed by atoms with Crippen LogP contribution in [0.3, 0.4) is 0 Å². The molecule has 0 radical (unpaired) electrons. The van der Waals surface area contributed by atoms with Crippen LogP contribution in [0.5, 0.6) is 11.5 Å². The van der Waals surface area contributed by atoms with E-state index in [1.165, 1.54) is 18.4 Å². The Morgan fingerprint density at radius 2 is 1.95 bits per heavy atom. The van der Waals surface area contributed by atoms with Gasteiger partial charge >= 0.3 is 0 Å². The summed E-state index contributed by atoms with van der Waals surface area (Å²) in [6, 6.07) is 6.42. The first-order chi connectivity index (χ1) is 9.83. The maximum Gasteiger partial charge on any atom is 0.161 e. The number of ether oxygens (including phenoxy) is 3. The number of benzene rings is 1. The molecule has 1 heterocycles. The van der Waals surface area contributed by atoms with Crippen molar-refractivity contribution in [2.24, 2.45) is 5.92 Å².